The molecule has 27 heavy (non-hydrogen) atoms. The zero-order valence-electron chi connectivity index (χ0n) is 15.7. The summed E-state index contributed by atoms with van der Waals surface area (Å²) in [6, 6.07) is 2.31. The number of nitrogens with zero attached hydrogens (tertiary/aromatic N) is 4. The molecular formula is C19H26N6O2. The van der Waals surface area contributed by atoms with Crippen molar-refractivity contribution in [2.24, 2.45) is 0 Å². The van der Waals surface area contributed by atoms with Crippen LogP contribution in [-0.4, -0.2) is 55.8 Å². The number of hydrogen-bond donors (Lipinski definition) is 3. The Balaban J connectivity index is 1.74. The van der Waals surface area contributed by atoms with E-state index in [1.54, 1.807) is 7.11 Å². The van der Waals surface area contributed by atoms with Crippen LogP contribution in [0, 0.1) is 0 Å². The van der Waals surface area contributed by atoms with Gasteiger partial charge < -0.3 is 15.2 Å². The van der Waals surface area contributed by atoms with Gasteiger partial charge in [0.05, 0.1) is 30.6 Å². The highest BCUT2D eigenvalue weighted by molar-refractivity contribution is 5.80. The summed E-state index contributed by atoms with van der Waals surface area (Å²) in [5, 5.41) is 24.9. The van der Waals surface area contributed by atoms with Gasteiger partial charge in [-0.05, 0) is 38.7 Å². The number of nitrogens with one attached hydrogen (secondary N) is 2. The summed E-state index contributed by atoms with van der Waals surface area (Å²) in [5.74, 6) is 0.958. The molecule has 0 bridgehead atoms. The van der Waals surface area contributed by atoms with Crippen LogP contribution in [0.4, 0.5) is 5.95 Å². The van der Waals surface area contributed by atoms with Crippen molar-refractivity contribution < 1.29 is 9.84 Å². The van der Waals surface area contributed by atoms with Crippen molar-refractivity contribution in [3.63, 3.8) is 0 Å². The number of ether oxygens (including phenoxy) is 1. The zero-order chi connectivity index (χ0) is 18.8. The number of H-pyrrole nitrogens is 1. The maximum Gasteiger partial charge on any atom is 0.241 e. The number of aromatic nitrogens is 5. The van der Waals surface area contributed by atoms with Crippen LogP contribution in [0.2, 0.25) is 0 Å². The van der Waals surface area contributed by atoms with Gasteiger partial charge in [0, 0.05) is 42.1 Å². The molecule has 1 fully saturated rings. The summed E-state index contributed by atoms with van der Waals surface area (Å²) < 4.78 is 7.19. The second-order valence-corrected chi connectivity index (χ2v) is 7.35. The Morgan fingerprint density at radius 1 is 1.33 bits per heavy atom. The van der Waals surface area contributed by atoms with E-state index in [9.17, 15) is 5.11 Å². The molecule has 0 spiro atoms. The molecule has 8 nitrogen and oxygen atoms in total. The molecule has 0 saturated heterocycles. The molecule has 8 heteroatoms. The molecule has 3 heterocycles. The van der Waals surface area contributed by atoms with Crippen molar-refractivity contribution in [1.29, 1.82) is 0 Å². The summed E-state index contributed by atoms with van der Waals surface area (Å²) in [5.41, 5.74) is 4.22. The van der Waals surface area contributed by atoms with E-state index in [4.69, 9.17) is 9.84 Å². The maximum absolute atomic E-state index is 9.87. The molecule has 1 atom stereocenters. The van der Waals surface area contributed by atoms with Gasteiger partial charge in [-0.15, -0.1) is 5.10 Å². The van der Waals surface area contributed by atoms with Crippen molar-refractivity contribution in [2.45, 2.75) is 50.7 Å². The first-order valence-corrected chi connectivity index (χ1v) is 9.47. The Labute approximate surface area is 158 Å². The molecule has 1 aliphatic rings. The van der Waals surface area contributed by atoms with Crippen LogP contribution in [0.1, 0.15) is 44.2 Å². The molecule has 1 saturated carbocycles. The first kappa shape index (κ1) is 17.9. The lowest BCUT2D eigenvalue weighted by Gasteiger charge is -2.25. The van der Waals surface area contributed by atoms with Gasteiger partial charge in [0.25, 0.3) is 0 Å². The summed E-state index contributed by atoms with van der Waals surface area (Å²) in [4.78, 5) is 4.50. The van der Waals surface area contributed by atoms with Crippen LogP contribution in [-0.2, 0) is 4.74 Å². The van der Waals surface area contributed by atoms with E-state index in [2.05, 4.69) is 26.6 Å². The summed E-state index contributed by atoms with van der Waals surface area (Å²) >= 11 is 0. The SMILES string of the molecule is COC[C@H](C)Nc1ncc2c(-c3cn[nH]c3)cc([C@H]3CC[C@H](O)CC3)n2n1. The lowest BCUT2D eigenvalue weighted by atomic mass is 9.85. The van der Waals surface area contributed by atoms with Gasteiger partial charge in [-0.3, -0.25) is 5.10 Å². The Morgan fingerprint density at radius 3 is 2.85 bits per heavy atom. The van der Waals surface area contributed by atoms with Crippen molar-refractivity contribution >= 4 is 11.5 Å². The van der Waals surface area contributed by atoms with Crippen LogP contribution in [0.5, 0.6) is 0 Å². The topological polar surface area (TPSA) is 100 Å². The normalized spacial score (nSPS) is 21.4. The minimum Gasteiger partial charge on any atom is -0.393 e. The van der Waals surface area contributed by atoms with Crippen LogP contribution in [0.15, 0.2) is 24.7 Å². The minimum absolute atomic E-state index is 0.115. The van der Waals surface area contributed by atoms with Gasteiger partial charge in [0.2, 0.25) is 5.95 Å². The van der Waals surface area contributed by atoms with Crippen molar-refractivity contribution in [2.75, 3.05) is 19.0 Å². The monoisotopic (exact) mass is 370 g/mol. The Bertz CT molecular complexity index is 883. The molecule has 3 aromatic rings. The molecule has 0 unspecified atom stereocenters. The van der Waals surface area contributed by atoms with E-state index in [-0.39, 0.29) is 12.1 Å². The highest BCUT2D eigenvalue weighted by Gasteiger charge is 2.25. The second kappa shape index (κ2) is 7.66. The second-order valence-electron chi connectivity index (χ2n) is 7.35. The van der Waals surface area contributed by atoms with Gasteiger partial charge in [0.15, 0.2) is 0 Å². The largest absolute Gasteiger partial charge is 0.393 e. The van der Waals surface area contributed by atoms with Gasteiger partial charge >= 0.3 is 0 Å². The quantitative estimate of drug-likeness (QED) is 0.617. The highest BCUT2D eigenvalue weighted by atomic mass is 16.5. The molecule has 144 valence electrons. The molecule has 4 rings (SSSR count). The van der Waals surface area contributed by atoms with E-state index in [0.717, 1.165) is 48.0 Å². The summed E-state index contributed by atoms with van der Waals surface area (Å²) in [7, 11) is 1.68. The zero-order valence-corrected chi connectivity index (χ0v) is 15.7. The number of rotatable bonds is 6. The van der Waals surface area contributed by atoms with Gasteiger partial charge in [0.1, 0.15) is 0 Å². The van der Waals surface area contributed by atoms with Gasteiger partial charge in [-0.2, -0.15) is 5.10 Å². The molecular weight excluding hydrogens is 344 g/mol. The third-order valence-corrected chi connectivity index (χ3v) is 5.26. The molecule has 0 radical (unpaired) electrons. The smallest absolute Gasteiger partial charge is 0.241 e. The van der Waals surface area contributed by atoms with E-state index in [1.807, 2.05) is 30.0 Å². The molecule has 3 aromatic heterocycles. The number of fused-ring (bicyclic) bond motifs is 1. The lowest BCUT2D eigenvalue weighted by Crippen LogP contribution is -2.23. The van der Waals surface area contributed by atoms with E-state index in [0.29, 0.717) is 18.5 Å². The predicted octanol–water partition coefficient (Wildman–Crippen LogP) is 2.58. The fourth-order valence-electron chi connectivity index (χ4n) is 3.88. The first-order chi connectivity index (χ1) is 13.2. The average Bonchev–Trinajstić information content (AvgIpc) is 3.30. The van der Waals surface area contributed by atoms with Crippen molar-refractivity contribution in [3.8, 4) is 11.1 Å². The lowest BCUT2D eigenvalue weighted by molar-refractivity contribution is 0.121. The minimum atomic E-state index is -0.178. The Morgan fingerprint density at radius 2 is 2.15 bits per heavy atom. The maximum atomic E-state index is 9.87. The van der Waals surface area contributed by atoms with Crippen LogP contribution in [0.3, 0.4) is 0 Å². The predicted molar refractivity (Wildman–Crippen MR) is 103 cm³/mol. The number of aliphatic hydroxyl groups excluding tert-OH is 1. The number of anilines is 1. The molecule has 0 aliphatic heterocycles. The van der Waals surface area contributed by atoms with Crippen LogP contribution < -0.4 is 5.32 Å². The van der Waals surface area contributed by atoms with E-state index in [1.165, 1.54) is 0 Å². The molecule has 1 aliphatic carbocycles. The fraction of sp³-hybridized carbons (Fsp3) is 0.526. The Hall–Kier alpha value is -2.45. The van der Waals surface area contributed by atoms with Crippen LogP contribution in [0.25, 0.3) is 16.6 Å². The third-order valence-electron chi connectivity index (χ3n) is 5.26. The standard InChI is InChI=1S/C19H26N6O2/c1-12(11-27-2)23-19-20-10-18-16(14-8-21-22-9-14)7-17(25(18)24-19)13-3-5-15(26)6-4-13/h7-10,12-13,15,26H,3-6,11H2,1-2H3,(H,21,22)(H,23,24)/t12-,13-,15-/m0/s1. The number of hydrogen-bond acceptors (Lipinski definition) is 6. The average molecular weight is 370 g/mol. The highest BCUT2D eigenvalue weighted by Crippen LogP contribution is 2.37. The Kier molecular flexibility index (Phi) is 5.09. The molecule has 3 N–H and O–H groups in total. The van der Waals surface area contributed by atoms with Crippen LogP contribution >= 0.6 is 0 Å². The fourth-order valence-corrected chi connectivity index (χ4v) is 3.88. The first-order valence-electron chi connectivity index (χ1n) is 9.47. The van der Waals surface area contributed by atoms with Crippen molar-refractivity contribution in [3.05, 3.63) is 30.4 Å². The van der Waals surface area contributed by atoms with E-state index < -0.39 is 0 Å². The van der Waals surface area contributed by atoms with E-state index >= 15 is 0 Å². The number of aliphatic hydroxyl groups is 1. The van der Waals surface area contributed by atoms with Gasteiger partial charge in [-0.1, -0.05) is 0 Å². The van der Waals surface area contributed by atoms with Crippen molar-refractivity contribution in [1.82, 2.24) is 24.8 Å². The molecule has 0 amide bonds. The summed E-state index contributed by atoms with van der Waals surface area (Å²) in [6.07, 6.45) is 8.98. The number of aromatic amines is 1. The molecule has 0 aromatic carbocycles. The third kappa shape index (κ3) is 3.68. The number of methoxy groups -OCH3 is 1. The summed E-state index contributed by atoms with van der Waals surface area (Å²) in [6.45, 7) is 2.62. The van der Waals surface area contributed by atoms with Gasteiger partial charge in [-0.25, -0.2) is 9.50 Å².